The summed E-state index contributed by atoms with van der Waals surface area (Å²) in [4.78, 5) is 46.0. The Morgan fingerprint density at radius 2 is 1.72 bits per heavy atom. The number of aliphatic carboxylic acids is 1. The Kier molecular flexibility index (Phi) is 10.8. The Balaban J connectivity index is 1.56. The van der Waals surface area contributed by atoms with Gasteiger partial charge in [-0.05, 0) is 92.1 Å². The van der Waals surface area contributed by atoms with Gasteiger partial charge in [0.15, 0.2) is 0 Å². The van der Waals surface area contributed by atoms with Crippen molar-refractivity contribution in [2.24, 2.45) is 0 Å². The van der Waals surface area contributed by atoms with Crippen molar-refractivity contribution in [3.8, 4) is 11.1 Å². The number of nitrogens with one attached hydrogen (secondary N) is 1. The first-order chi connectivity index (χ1) is 22.4. The third-order valence-electron chi connectivity index (χ3n) is 9.33. The van der Waals surface area contributed by atoms with E-state index in [4.69, 9.17) is 0 Å². The zero-order chi connectivity index (χ0) is 33.8. The molecule has 11 heteroatoms. The van der Waals surface area contributed by atoms with Crippen molar-refractivity contribution in [3.05, 3.63) is 86.1 Å². The number of hydrogen-bond acceptors (Lipinski definition) is 5. The molecule has 0 unspecified atom stereocenters. The lowest BCUT2D eigenvalue weighted by Crippen LogP contribution is -2.49. The lowest BCUT2D eigenvalue weighted by Gasteiger charge is -2.34. The van der Waals surface area contributed by atoms with Gasteiger partial charge in [-0.1, -0.05) is 25.7 Å². The highest BCUT2D eigenvalue weighted by Gasteiger charge is 2.30. The van der Waals surface area contributed by atoms with Crippen LogP contribution in [0.25, 0.3) is 11.1 Å². The molecule has 1 aromatic heterocycles. The van der Waals surface area contributed by atoms with Crippen molar-refractivity contribution in [2.45, 2.75) is 96.8 Å². The summed E-state index contributed by atoms with van der Waals surface area (Å²) in [6.07, 6.45) is 5.50. The molecule has 252 valence electrons. The van der Waals surface area contributed by atoms with Gasteiger partial charge in [-0.3, -0.25) is 28.8 Å². The summed E-state index contributed by atoms with van der Waals surface area (Å²) >= 11 is 0. The molecule has 1 saturated heterocycles. The number of amides is 1. The summed E-state index contributed by atoms with van der Waals surface area (Å²) in [5, 5.41) is 12.6. The van der Waals surface area contributed by atoms with E-state index in [1.165, 1.54) is 16.7 Å². The quantitative estimate of drug-likeness (QED) is 0.335. The molecule has 2 bridgehead atoms. The summed E-state index contributed by atoms with van der Waals surface area (Å²) in [7, 11) is 0. The van der Waals surface area contributed by atoms with E-state index in [1.54, 1.807) is 39.1 Å². The van der Waals surface area contributed by atoms with Crippen LogP contribution in [-0.2, 0) is 22.4 Å². The number of carbonyl (C=O) groups is 2. The van der Waals surface area contributed by atoms with E-state index in [1.807, 2.05) is 4.90 Å². The van der Waals surface area contributed by atoms with Crippen LogP contribution in [0, 0.1) is 32.4 Å². The minimum Gasteiger partial charge on any atom is -0.481 e. The molecule has 0 saturated carbocycles. The maximum atomic E-state index is 15.9. The van der Waals surface area contributed by atoms with Crippen LogP contribution < -0.4 is 10.9 Å². The summed E-state index contributed by atoms with van der Waals surface area (Å²) in [5.74, 6) is -2.82. The molecule has 8 nitrogen and oxygen atoms in total. The molecule has 0 radical (unpaired) electrons. The van der Waals surface area contributed by atoms with Crippen LogP contribution in [0.3, 0.4) is 0 Å². The van der Waals surface area contributed by atoms with E-state index in [0.29, 0.717) is 62.1 Å². The second-order valence-electron chi connectivity index (χ2n) is 13.1. The van der Waals surface area contributed by atoms with Crippen LogP contribution in [0.15, 0.2) is 35.3 Å². The smallest absolute Gasteiger partial charge is 0.305 e. The Hall–Kier alpha value is -3.99. The first kappa shape index (κ1) is 34.3. The minimum absolute atomic E-state index is 0.0101. The summed E-state index contributed by atoms with van der Waals surface area (Å²) in [6.45, 7) is 6.23. The number of benzene rings is 2. The van der Waals surface area contributed by atoms with Crippen LogP contribution >= 0.6 is 0 Å². The fourth-order valence-corrected chi connectivity index (χ4v) is 6.89. The predicted octanol–water partition coefficient (Wildman–Crippen LogP) is 6.08. The summed E-state index contributed by atoms with van der Waals surface area (Å²) in [5.41, 5.74) is 3.51. The number of halogens is 3. The Bertz CT molecular complexity index is 1700. The number of aromatic nitrogens is 2. The third-order valence-corrected chi connectivity index (χ3v) is 9.33. The van der Waals surface area contributed by atoms with Gasteiger partial charge in [-0.2, -0.15) is 0 Å². The van der Waals surface area contributed by atoms with Crippen LogP contribution in [-0.4, -0.2) is 57.2 Å². The molecule has 3 heterocycles. The standard InChI is InChI=1S/C36H43F3N4O4/c1-21-14-26(37)15-24-9-7-5-4-6-8-10-31(43-20-28(40-23(3)36(43)47)11-12-42-18-27(38)19-42)35(46)41-30(17-32(44)45)29-16-25(33(21)24)13-22(2)34(29)39/h13-16,20,27,30-31H,4-12,17-19H2,1-3H3,(H,41,46)(H,44,45)/t30-,31-/m0/s1. The second-order valence-corrected chi connectivity index (χ2v) is 13.1. The largest absolute Gasteiger partial charge is 0.481 e. The molecule has 2 aliphatic heterocycles. The number of likely N-dealkylation sites (tertiary alicyclic amines) is 1. The molecule has 2 N–H and O–H groups in total. The Morgan fingerprint density at radius 3 is 2.45 bits per heavy atom. The predicted molar refractivity (Wildman–Crippen MR) is 173 cm³/mol. The van der Waals surface area contributed by atoms with Gasteiger partial charge in [-0.15, -0.1) is 0 Å². The molecule has 47 heavy (non-hydrogen) atoms. The molecular formula is C36H43F3N4O4. The van der Waals surface area contributed by atoms with Crippen LogP contribution in [0.5, 0.6) is 0 Å². The summed E-state index contributed by atoms with van der Waals surface area (Å²) in [6, 6.07) is 3.94. The van der Waals surface area contributed by atoms with Gasteiger partial charge in [0, 0.05) is 37.8 Å². The first-order valence-electron chi connectivity index (χ1n) is 16.5. The fourth-order valence-electron chi connectivity index (χ4n) is 6.89. The molecule has 1 fully saturated rings. The second kappa shape index (κ2) is 14.8. The highest BCUT2D eigenvalue weighted by Crippen LogP contribution is 2.35. The number of fused-ring (bicyclic) bond motifs is 4. The van der Waals surface area contributed by atoms with Crippen molar-refractivity contribution in [1.82, 2.24) is 19.8 Å². The van der Waals surface area contributed by atoms with E-state index in [-0.39, 0.29) is 22.6 Å². The number of carbonyl (C=O) groups excluding carboxylic acids is 1. The van der Waals surface area contributed by atoms with Crippen molar-refractivity contribution in [1.29, 1.82) is 0 Å². The molecule has 5 rings (SSSR count). The van der Waals surface area contributed by atoms with E-state index < -0.39 is 47.9 Å². The van der Waals surface area contributed by atoms with Crippen molar-refractivity contribution >= 4 is 11.9 Å². The van der Waals surface area contributed by atoms with Gasteiger partial charge in [0.25, 0.3) is 5.56 Å². The molecule has 2 aliphatic rings. The maximum Gasteiger partial charge on any atom is 0.305 e. The zero-order valence-corrected chi connectivity index (χ0v) is 27.3. The minimum atomic E-state index is -1.24. The van der Waals surface area contributed by atoms with Gasteiger partial charge in [0.1, 0.15) is 29.5 Å². The van der Waals surface area contributed by atoms with Crippen LogP contribution in [0.1, 0.15) is 90.7 Å². The van der Waals surface area contributed by atoms with Crippen molar-refractivity contribution < 1.29 is 27.9 Å². The normalized spacial score (nSPS) is 19.9. The van der Waals surface area contributed by atoms with E-state index in [0.717, 1.165) is 36.8 Å². The topological polar surface area (TPSA) is 105 Å². The van der Waals surface area contributed by atoms with Gasteiger partial charge >= 0.3 is 5.97 Å². The van der Waals surface area contributed by atoms with Gasteiger partial charge < -0.3 is 10.4 Å². The number of alkyl halides is 1. The van der Waals surface area contributed by atoms with E-state index in [9.17, 15) is 28.3 Å². The monoisotopic (exact) mass is 652 g/mol. The fraction of sp³-hybridized carbons (Fsp3) is 0.500. The van der Waals surface area contributed by atoms with E-state index in [2.05, 4.69) is 10.3 Å². The Morgan fingerprint density at radius 1 is 1.00 bits per heavy atom. The maximum absolute atomic E-state index is 15.9. The van der Waals surface area contributed by atoms with Crippen molar-refractivity contribution in [3.63, 3.8) is 0 Å². The number of hydrogen-bond donors (Lipinski definition) is 2. The van der Waals surface area contributed by atoms with E-state index >= 15 is 4.39 Å². The number of carboxylic acids is 1. The number of carboxylic acid groups (broad SMARTS) is 1. The molecule has 0 aliphatic carbocycles. The molecule has 2 aromatic carbocycles. The lowest BCUT2D eigenvalue weighted by atomic mass is 9.88. The Labute approximate surface area is 273 Å². The highest BCUT2D eigenvalue weighted by atomic mass is 19.1. The summed E-state index contributed by atoms with van der Waals surface area (Å²) < 4.78 is 45.1. The lowest BCUT2D eigenvalue weighted by molar-refractivity contribution is -0.138. The molecule has 3 aromatic rings. The number of nitrogens with zero attached hydrogens (tertiary/aromatic N) is 3. The molecule has 2 atom stereocenters. The number of rotatable bonds is 6. The average molecular weight is 653 g/mol. The van der Waals surface area contributed by atoms with Gasteiger partial charge in [0.2, 0.25) is 5.91 Å². The highest BCUT2D eigenvalue weighted by molar-refractivity contribution is 5.82. The zero-order valence-electron chi connectivity index (χ0n) is 27.3. The van der Waals surface area contributed by atoms with Gasteiger partial charge in [0.05, 0.1) is 18.2 Å². The first-order valence-corrected chi connectivity index (χ1v) is 16.5. The van der Waals surface area contributed by atoms with Crippen molar-refractivity contribution in [2.75, 3.05) is 19.6 Å². The van der Waals surface area contributed by atoms with Crippen LogP contribution in [0.4, 0.5) is 13.2 Å². The van der Waals surface area contributed by atoms with Crippen LogP contribution in [0.2, 0.25) is 0 Å². The SMILES string of the molecule is Cc1cc2cc(c1F)[C@H](CC(=O)O)NC(=O)[C@@H](n1cc(CCN3CC(F)C3)nc(C)c1=O)CCCCCCCc1cc(F)cc(C)c1-2. The molecule has 1 amide bonds. The van der Waals surface area contributed by atoms with Gasteiger partial charge in [-0.25, -0.2) is 13.2 Å². The average Bonchev–Trinajstić information content (AvgIpc) is 2.98. The number of aryl methyl sites for hydroxylation is 4. The third kappa shape index (κ3) is 8.12. The molecular weight excluding hydrogens is 609 g/mol. The molecule has 0 spiro atoms.